The van der Waals surface area contributed by atoms with Crippen molar-refractivity contribution < 1.29 is 15.0 Å². The molecule has 1 aromatic carbocycles. The molecule has 3 aromatic rings. The summed E-state index contributed by atoms with van der Waals surface area (Å²) in [6, 6.07) is 12.1. The fourth-order valence-electron chi connectivity index (χ4n) is 3.86. The van der Waals surface area contributed by atoms with Crippen molar-refractivity contribution in [3.8, 4) is 0 Å². The highest BCUT2D eigenvalue weighted by Gasteiger charge is 2.19. The molecule has 33 heavy (non-hydrogen) atoms. The molecule has 6 nitrogen and oxygen atoms in total. The van der Waals surface area contributed by atoms with Gasteiger partial charge in [0.1, 0.15) is 5.82 Å². The number of carboxylic acid groups (broad SMARTS) is 1. The van der Waals surface area contributed by atoms with E-state index in [1.54, 1.807) is 13.1 Å². The van der Waals surface area contributed by atoms with Gasteiger partial charge in [0, 0.05) is 17.5 Å². The Morgan fingerprint density at radius 2 is 1.64 bits per heavy atom. The predicted octanol–water partition coefficient (Wildman–Crippen LogP) is 6.79. The number of nitrogens with zero attached hydrogens (tertiary/aromatic N) is 2. The molecular weight excluding hydrogens is 414 g/mol. The van der Waals surface area contributed by atoms with E-state index >= 15 is 0 Å². The predicted molar refractivity (Wildman–Crippen MR) is 133 cm³/mol. The van der Waals surface area contributed by atoms with Gasteiger partial charge in [-0.2, -0.15) is 0 Å². The number of aromatic amines is 1. The second kappa shape index (κ2) is 15.2. The lowest BCUT2D eigenvalue weighted by molar-refractivity contribution is -0.137. The molecule has 2 unspecified atom stereocenters. The quantitative estimate of drug-likeness (QED) is 0.248. The van der Waals surface area contributed by atoms with Crippen LogP contribution in [0.15, 0.2) is 48.8 Å². The zero-order valence-corrected chi connectivity index (χ0v) is 20.0. The third kappa shape index (κ3) is 10.2. The summed E-state index contributed by atoms with van der Waals surface area (Å²) in [6.45, 7) is 3.89. The number of aliphatic hydroxyl groups excluding tert-OH is 1. The average molecular weight is 454 g/mol. The van der Waals surface area contributed by atoms with Gasteiger partial charge in [-0.1, -0.05) is 82.6 Å². The van der Waals surface area contributed by atoms with Crippen LogP contribution in [0.25, 0.3) is 10.9 Å². The Kier molecular flexibility index (Phi) is 12.2. The normalized spacial score (nSPS) is 12.7. The van der Waals surface area contributed by atoms with Gasteiger partial charge in [-0.3, -0.25) is 9.78 Å². The number of hydrogen-bond donors (Lipinski definition) is 3. The van der Waals surface area contributed by atoms with Crippen LogP contribution in [0, 0.1) is 0 Å². The van der Waals surface area contributed by atoms with Gasteiger partial charge in [0.15, 0.2) is 0 Å². The van der Waals surface area contributed by atoms with Gasteiger partial charge in [0.25, 0.3) is 0 Å². The van der Waals surface area contributed by atoms with Crippen molar-refractivity contribution in [3.05, 3.63) is 60.3 Å². The van der Waals surface area contributed by atoms with Crippen LogP contribution in [0.2, 0.25) is 0 Å². The first-order chi connectivity index (χ1) is 16.0. The molecule has 2 atom stereocenters. The van der Waals surface area contributed by atoms with Gasteiger partial charge in [-0.05, 0) is 25.5 Å². The topological polar surface area (TPSA) is 99.1 Å². The maximum absolute atomic E-state index is 11.1. The van der Waals surface area contributed by atoms with E-state index in [4.69, 9.17) is 5.11 Å². The first kappa shape index (κ1) is 26.5. The van der Waals surface area contributed by atoms with Gasteiger partial charge in [0.05, 0.1) is 29.9 Å². The summed E-state index contributed by atoms with van der Waals surface area (Å²) in [6.07, 6.45) is 13.6. The summed E-state index contributed by atoms with van der Waals surface area (Å²) < 4.78 is 0. The Balaban J connectivity index is 0.000000315. The lowest BCUT2D eigenvalue weighted by atomic mass is 9.96. The highest BCUT2D eigenvalue weighted by atomic mass is 16.4. The number of H-pyrrole nitrogens is 1. The second-order valence-corrected chi connectivity index (χ2v) is 8.65. The number of nitrogens with one attached hydrogen (secondary N) is 1. The van der Waals surface area contributed by atoms with Crippen LogP contribution in [0.1, 0.15) is 102 Å². The van der Waals surface area contributed by atoms with Crippen molar-refractivity contribution in [1.82, 2.24) is 15.0 Å². The van der Waals surface area contributed by atoms with E-state index in [9.17, 15) is 9.90 Å². The van der Waals surface area contributed by atoms with Crippen LogP contribution in [-0.2, 0) is 4.79 Å². The van der Waals surface area contributed by atoms with E-state index in [1.165, 1.54) is 43.9 Å². The van der Waals surface area contributed by atoms with Crippen molar-refractivity contribution in [3.63, 3.8) is 0 Å². The Hall–Kier alpha value is -2.73. The molecule has 0 saturated heterocycles. The number of rotatable bonds is 13. The molecule has 0 fully saturated rings. The number of aliphatic carboxylic acids is 1. The summed E-state index contributed by atoms with van der Waals surface area (Å²) in [5, 5.41) is 19.8. The summed E-state index contributed by atoms with van der Waals surface area (Å²) in [7, 11) is 0. The van der Waals surface area contributed by atoms with Crippen LogP contribution in [0.5, 0.6) is 0 Å². The van der Waals surface area contributed by atoms with Crippen molar-refractivity contribution >= 4 is 16.9 Å². The standard InChI is InChI=1S/C18H32N2O3.C9H7N/c1-3-4-5-6-7-8-9-10-11-15(12-17(22)23)18-19-13-16(20-18)14(2)21;1-2-6-9-8(4-1)5-3-7-10-9/h13-15,21H,3-12H2,1-2H3,(H,19,20)(H,22,23);1-7H. The van der Waals surface area contributed by atoms with Crippen LogP contribution in [-0.4, -0.2) is 31.1 Å². The van der Waals surface area contributed by atoms with Crippen molar-refractivity contribution in [2.45, 2.75) is 90.1 Å². The Bertz CT molecular complexity index is 874. The Morgan fingerprint density at radius 1 is 0.970 bits per heavy atom. The number of unbranched alkanes of at least 4 members (excludes halogenated alkanes) is 7. The number of fused-ring (bicyclic) bond motifs is 1. The van der Waals surface area contributed by atoms with Crippen LogP contribution in [0.3, 0.4) is 0 Å². The molecule has 0 saturated carbocycles. The summed E-state index contributed by atoms with van der Waals surface area (Å²) in [4.78, 5) is 22.6. The highest BCUT2D eigenvalue weighted by Crippen LogP contribution is 2.25. The first-order valence-corrected chi connectivity index (χ1v) is 12.3. The summed E-state index contributed by atoms with van der Waals surface area (Å²) in [5.41, 5.74) is 1.70. The monoisotopic (exact) mass is 453 g/mol. The molecule has 2 heterocycles. The lowest BCUT2D eigenvalue weighted by Crippen LogP contribution is -2.08. The number of imidazole rings is 1. The molecule has 3 N–H and O–H groups in total. The molecule has 0 bridgehead atoms. The number of para-hydroxylation sites is 1. The van der Waals surface area contributed by atoms with Crippen LogP contribution >= 0.6 is 0 Å². The molecule has 0 radical (unpaired) electrons. The smallest absolute Gasteiger partial charge is 0.304 e. The molecule has 0 aliphatic carbocycles. The molecule has 0 spiro atoms. The van der Waals surface area contributed by atoms with E-state index in [1.807, 2.05) is 30.5 Å². The third-order valence-corrected chi connectivity index (χ3v) is 5.79. The minimum absolute atomic E-state index is 0.0866. The third-order valence-electron chi connectivity index (χ3n) is 5.79. The van der Waals surface area contributed by atoms with Gasteiger partial charge in [-0.25, -0.2) is 4.98 Å². The van der Waals surface area contributed by atoms with E-state index < -0.39 is 12.1 Å². The van der Waals surface area contributed by atoms with E-state index in [0.717, 1.165) is 24.8 Å². The van der Waals surface area contributed by atoms with E-state index in [0.29, 0.717) is 11.5 Å². The molecule has 3 rings (SSSR count). The van der Waals surface area contributed by atoms with Crippen molar-refractivity contribution in [1.29, 1.82) is 0 Å². The molecular formula is C27H39N3O3. The Labute approximate surface area is 197 Å². The number of carboxylic acids is 1. The lowest BCUT2D eigenvalue weighted by Gasteiger charge is -2.12. The zero-order valence-electron chi connectivity index (χ0n) is 20.0. The molecule has 6 heteroatoms. The van der Waals surface area contributed by atoms with Crippen LogP contribution < -0.4 is 0 Å². The van der Waals surface area contributed by atoms with Gasteiger partial charge in [-0.15, -0.1) is 0 Å². The maximum Gasteiger partial charge on any atom is 0.304 e. The number of benzene rings is 1. The molecule has 0 aliphatic rings. The number of carbonyl (C=O) groups is 1. The van der Waals surface area contributed by atoms with Gasteiger partial charge < -0.3 is 15.2 Å². The van der Waals surface area contributed by atoms with E-state index in [2.05, 4.69) is 34.0 Å². The average Bonchev–Trinajstić information content (AvgIpc) is 3.31. The van der Waals surface area contributed by atoms with Crippen LogP contribution in [0.4, 0.5) is 0 Å². The SMILES string of the molecule is CCCCCCCCCCC(CC(=O)O)c1ncc(C(C)O)[nH]1.c1ccc2ncccc2c1. The van der Waals surface area contributed by atoms with Gasteiger partial charge >= 0.3 is 5.97 Å². The summed E-state index contributed by atoms with van der Waals surface area (Å²) in [5.74, 6) is -0.212. The zero-order chi connectivity index (χ0) is 23.9. The largest absolute Gasteiger partial charge is 0.481 e. The van der Waals surface area contributed by atoms with E-state index in [-0.39, 0.29) is 12.3 Å². The number of aliphatic hydroxyl groups is 1. The number of hydrogen-bond acceptors (Lipinski definition) is 4. The molecule has 0 amide bonds. The fraction of sp³-hybridized carbons (Fsp3) is 0.519. The maximum atomic E-state index is 11.1. The first-order valence-electron chi connectivity index (χ1n) is 12.3. The second-order valence-electron chi connectivity index (χ2n) is 8.65. The molecule has 2 aromatic heterocycles. The van der Waals surface area contributed by atoms with Crippen molar-refractivity contribution in [2.75, 3.05) is 0 Å². The molecule has 180 valence electrons. The fourth-order valence-corrected chi connectivity index (χ4v) is 3.86. The number of pyridine rings is 1. The molecule has 0 aliphatic heterocycles. The highest BCUT2D eigenvalue weighted by molar-refractivity contribution is 5.77. The Morgan fingerprint density at radius 3 is 2.27 bits per heavy atom. The number of aromatic nitrogens is 3. The summed E-state index contributed by atoms with van der Waals surface area (Å²) >= 11 is 0. The minimum atomic E-state index is -0.801. The van der Waals surface area contributed by atoms with Crippen molar-refractivity contribution in [2.24, 2.45) is 0 Å². The minimum Gasteiger partial charge on any atom is -0.481 e. The van der Waals surface area contributed by atoms with Gasteiger partial charge in [0.2, 0.25) is 0 Å².